The maximum Gasteiger partial charge on any atom is 0.311 e. The Kier molecular flexibility index (Phi) is 7.70. The molecule has 8 heteroatoms. The Balaban J connectivity index is 1.96. The second kappa shape index (κ2) is 10.7. The number of carbonyl (C=O) groups is 3. The van der Waals surface area contributed by atoms with Crippen LogP contribution < -0.4 is 19.7 Å². The molecule has 170 valence electrons. The van der Waals surface area contributed by atoms with Gasteiger partial charge in [-0.3, -0.25) is 14.4 Å². The SMILES string of the molecule is CCNC(=O)COC(=O)[C@H]1CCC(=O)N(c2ccc(OC)cc2)[C@H]1c1ccc(OC)cc1. The van der Waals surface area contributed by atoms with Crippen molar-refractivity contribution in [2.75, 3.05) is 32.3 Å². The molecular weight excluding hydrogens is 412 g/mol. The van der Waals surface area contributed by atoms with E-state index < -0.39 is 17.9 Å². The molecule has 1 fully saturated rings. The van der Waals surface area contributed by atoms with Crippen LogP contribution in [0.15, 0.2) is 48.5 Å². The summed E-state index contributed by atoms with van der Waals surface area (Å²) in [6, 6.07) is 13.8. The molecule has 1 heterocycles. The number of benzene rings is 2. The van der Waals surface area contributed by atoms with E-state index in [1.807, 2.05) is 12.1 Å². The Labute approximate surface area is 187 Å². The second-order valence-corrected chi connectivity index (χ2v) is 7.39. The summed E-state index contributed by atoms with van der Waals surface area (Å²) in [7, 11) is 3.15. The van der Waals surface area contributed by atoms with E-state index in [0.717, 1.165) is 5.56 Å². The summed E-state index contributed by atoms with van der Waals surface area (Å²) in [5.74, 6) is -0.260. The van der Waals surface area contributed by atoms with Gasteiger partial charge in [-0.15, -0.1) is 0 Å². The average molecular weight is 440 g/mol. The van der Waals surface area contributed by atoms with Gasteiger partial charge >= 0.3 is 5.97 Å². The van der Waals surface area contributed by atoms with Gasteiger partial charge in [0, 0.05) is 18.7 Å². The number of piperidine rings is 1. The Morgan fingerprint density at radius 2 is 1.59 bits per heavy atom. The van der Waals surface area contributed by atoms with E-state index >= 15 is 0 Å². The van der Waals surface area contributed by atoms with Crippen LogP contribution in [0.4, 0.5) is 5.69 Å². The highest BCUT2D eigenvalue weighted by Gasteiger charge is 2.42. The lowest BCUT2D eigenvalue weighted by atomic mass is 9.83. The second-order valence-electron chi connectivity index (χ2n) is 7.39. The number of anilines is 1. The molecule has 0 radical (unpaired) electrons. The van der Waals surface area contributed by atoms with Crippen molar-refractivity contribution in [2.45, 2.75) is 25.8 Å². The maximum atomic E-state index is 13.0. The van der Waals surface area contributed by atoms with Crippen molar-refractivity contribution in [3.8, 4) is 11.5 Å². The topological polar surface area (TPSA) is 94.2 Å². The molecule has 2 amide bonds. The van der Waals surface area contributed by atoms with Gasteiger partial charge in [0.15, 0.2) is 6.61 Å². The van der Waals surface area contributed by atoms with Crippen molar-refractivity contribution in [3.05, 3.63) is 54.1 Å². The average Bonchev–Trinajstić information content (AvgIpc) is 2.82. The van der Waals surface area contributed by atoms with Gasteiger partial charge in [-0.2, -0.15) is 0 Å². The van der Waals surface area contributed by atoms with E-state index in [1.165, 1.54) is 0 Å². The standard InChI is InChI=1S/C24H28N2O6/c1-4-25-21(27)15-32-24(29)20-13-14-22(28)26(17-7-11-19(31-3)12-8-17)23(20)16-5-9-18(30-2)10-6-16/h5-12,20,23H,4,13-15H2,1-3H3,(H,25,27)/t20-,23-/m0/s1. The molecule has 32 heavy (non-hydrogen) atoms. The molecular formula is C24H28N2O6. The number of esters is 1. The number of methoxy groups -OCH3 is 2. The van der Waals surface area contributed by atoms with E-state index in [2.05, 4.69) is 5.32 Å². The molecule has 1 aliphatic rings. The van der Waals surface area contributed by atoms with Gasteiger partial charge in [-0.05, 0) is 55.3 Å². The first kappa shape index (κ1) is 23.1. The first-order chi connectivity index (χ1) is 15.5. The molecule has 0 aromatic heterocycles. The van der Waals surface area contributed by atoms with Crippen LogP contribution in [0.3, 0.4) is 0 Å². The number of hydrogen-bond acceptors (Lipinski definition) is 6. The lowest BCUT2D eigenvalue weighted by Gasteiger charge is -2.40. The molecule has 1 N–H and O–H groups in total. The van der Waals surface area contributed by atoms with Crippen LogP contribution in [0.5, 0.6) is 11.5 Å². The number of ether oxygens (including phenoxy) is 3. The van der Waals surface area contributed by atoms with Crippen molar-refractivity contribution in [1.82, 2.24) is 5.32 Å². The van der Waals surface area contributed by atoms with E-state index in [-0.39, 0.29) is 24.8 Å². The third kappa shape index (κ3) is 5.19. The minimum absolute atomic E-state index is 0.0937. The van der Waals surface area contributed by atoms with Crippen molar-refractivity contribution < 1.29 is 28.6 Å². The fraction of sp³-hybridized carbons (Fsp3) is 0.375. The smallest absolute Gasteiger partial charge is 0.311 e. The van der Waals surface area contributed by atoms with E-state index in [0.29, 0.717) is 30.2 Å². The summed E-state index contributed by atoms with van der Waals surface area (Å²) in [6.07, 6.45) is 0.524. The van der Waals surface area contributed by atoms with Crippen LogP contribution >= 0.6 is 0 Å². The van der Waals surface area contributed by atoms with Crippen LogP contribution in [0.25, 0.3) is 0 Å². The van der Waals surface area contributed by atoms with Gasteiger partial charge in [0.2, 0.25) is 5.91 Å². The first-order valence-electron chi connectivity index (χ1n) is 10.5. The summed E-state index contributed by atoms with van der Waals surface area (Å²) in [6.45, 7) is 1.89. The van der Waals surface area contributed by atoms with Gasteiger partial charge in [0.05, 0.1) is 26.2 Å². The zero-order valence-electron chi connectivity index (χ0n) is 18.5. The molecule has 2 aromatic rings. The van der Waals surface area contributed by atoms with Gasteiger partial charge in [-0.25, -0.2) is 0 Å². The van der Waals surface area contributed by atoms with Gasteiger partial charge < -0.3 is 24.4 Å². The number of nitrogens with zero attached hydrogens (tertiary/aromatic N) is 1. The minimum Gasteiger partial charge on any atom is -0.497 e. The van der Waals surface area contributed by atoms with Crippen molar-refractivity contribution in [1.29, 1.82) is 0 Å². The minimum atomic E-state index is -0.627. The predicted molar refractivity (Wildman–Crippen MR) is 119 cm³/mol. The molecule has 2 aromatic carbocycles. The molecule has 0 spiro atoms. The van der Waals surface area contributed by atoms with Crippen LogP contribution in [0.2, 0.25) is 0 Å². The third-order valence-corrected chi connectivity index (χ3v) is 5.43. The van der Waals surface area contributed by atoms with Crippen LogP contribution in [0.1, 0.15) is 31.4 Å². The van der Waals surface area contributed by atoms with Crippen molar-refractivity contribution in [3.63, 3.8) is 0 Å². The van der Waals surface area contributed by atoms with Crippen molar-refractivity contribution in [2.24, 2.45) is 5.92 Å². The van der Waals surface area contributed by atoms with Crippen LogP contribution in [-0.2, 0) is 19.1 Å². The third-order valence-electron chi connectivity index (χ3n) is 5.43. The van der Waals surface area contributed by atoms with E-state index in [4.69, 9.17) is 14.2 Å². The maximum absolute atomic E-state index is 13.0. The highest BCUT2D eigenvalue weighted by Crippen LogP contribution is 2.41. The summed E-state index contributed by atoms with van der Waals surface area (Å²) in [5, 5.41) is 2.61. The molecule has 3 rings (SSSR count). The Morgan fingerprint density at radius 3 is 2.16 bits per heavy atom. The van der Waals surface area contributed by atoms with Gasteiger partial charge in [0.25, 0.3) is 5.91 Å². The quantitative estimate of drug-likeness (QED) is 0.635. The lowest BCUT2D eigenvalue weighted by molar-refractivity contribution is -0.154. The number of rotatable bonds is 8. The Hall–Kier alpha value is -3.55. The van der Waals surface area contributed by atoms with E-state index in [9.17, 15) is 14.4 Å². The molecule has 0 saturated carbocycles. The molecule has 0 aliphatic carbocycles. The first-order valence-corrected chi connectivity index (χ1v) is 10.5. The van der Waals surface area contributed by atoms with Gasteiger partial charge in [0.1, 0.15) is 11.5 Å². The monoisotopic (exact) mass is 440 g/mol. The fourth-order valence-electron chi connectivity index (χ4n) is 3.86. The molecule has 8 nitrogen and oxygen atoms in total. The van der Waals surface area contributed by atoms with Gasteiger partial charge in [-0.1, -0.05) is 12.1 Å². The lowest BCUT2D eigenvalue weighted by Crippen LogP contribution is -2.46. The summed E-state index contributed by atoms with van der Waals surface area (Å²) in [4.78, 5) is 39.4. The molecule has 0 bridgehead atoms. The molecule has 2 atom stereocenters. The zero-order chi connectivity index (χ0) is 23.1. The highest BCUT2D eigenvalue weighted by molar-refractivity contribution is 5.97. The normalized spacial score (nSPS) is 18.1. The largest absolute Gasteiger partial charge is 0.497 e. The molecule has 0 unspecified atom stereocenters. The Bertz CT molecular complexity index is 942. The zero-order valence-corrected chi connectivity index (χ0v) is 18.5. The number of hydrogen-bond donors (Lipinski definition) is 1. The summed E-state index contributed by atoms with van der Waals surface area (Å²) in [5.41, 5.74) is 1.42. The highest BCUT2D eigenvalue weighted by atomic mass is 16.5. The van der Waals surface area contributed by atoms with Crippen LogP contribution in [-0.4, -0.2) is 45.2 Å². The molecule has 1 saturated heterocycles. The fourth-order valence-corrected chi connectivity index (χ4v) is 3.86. The predicted octanol–water partition coefficient (Wildman–Crippen LogP) is 2.87. The summed E-state index contributed by atoms with van der Waals surface area (Å²) < 4.78 is 15.8. The Morgan fingerprint density at radius 1 is 1.00 bits per heavy atom. The molecule has 1 aliphatic heterocycles. The number of amides is 2. The number of nitrogens with one attached hydrogen (secondary N) is 1. The van der Waals surface area contributed by atoms with E-state index in [1.54, 1.807) is 62.4 Å². The van der Waals surface area contributed by atoms with Crippen LogP contribution in [0, 0.1) is 5.92 Å². The number of likely N-dealkylation sites (N-methyl/N-ethyl adjacent to an activating group) is 1. The number of carbonyl (C=O) groups excluding carboxylic acids is 3. The van der Waals surface area contributed by atoms with Crippen molar-refractivity contribution >= 4 is 23.5 Å². The summed E-state index contributed by atoms with van der Waals surface area (Å²) >= 11 is 0.